The van der Waals surface area contributed by atoms with E-state index in [4.69, 9.17) is 22.3 Å². The van der Waals surface area contributed by atoms with Crippen molar-refractivity contribution in [1.29, 1.82) is 0 Å². The van der Waals surface area contributed by atoms with Gasteiger partial charge in [-0.25, -0.2) is 8.42 Å². The van der Waals surface area contributed by atoms with Crippen molar-refractivity contribution >= 4 is 49.0 Å². The molecule has 0 unspecified atom stereocenters. The van der Waals surface area contributed by atoms with Crippen LogP contribution in [0.2, 0.25) is 4.34 Å². The molecule has 7 heteroatoms. The third-order valence-electron chi connectivity index (χ3n) is 1.05. The lowest BCUT2D eigenvalue weighted by atomic mass is 10.5. The average Bonchev–Trinajstić information content (AvgIpc) is 2.29. The lowest BCUT2D eigenvalue weighted by Crippen LogP contribution is -1.87. The fourth-order valence-electron chi connectivity index (χ4n) is 0.593. The molecule has 0 bridgehead atoms. The maximum atomic E-state index is 10.8. The molecule has 1 rings (SSSR count). The summed E-state index contributed by atoms with van der Waals surface area (Å²) in [4.78, 5) is 10.2. The first-order chi connectivity index (χ1) is 5.45. The Morgan fingerprint density at radius 1 is 1.50 bits per heavy atom. The highest BCUT2D eigenvalue weighted by Crippen LogP contribution is 2.32. The molecule has 0 aliphatic heterocycles. The molecule has 1 aromatic heterocycles. The average molecular weight is 245 g/mol. The lowest BCUT2D eigenvalue weighted by Gasteiger charge is -1.87. The number of thiophene rings is 1. The van der Waals surface area contributed by atoms with E-state index in [1.165, 1.54) is 0 Å². The van der Waals surface area contributed by atoms with Gasteiger partial charge in [-0.2, -0.15) is 0 Å². The number of rotatable bonds is 2. The van der Waals surface area contributed by atoms with Crippen LogP contribution in [0, 0.1) is 0 Å². The molecule has 0 spiro atoms. The van der Waals surface area contributed by atoms with Crippen LogP contribution in [0.5, 0.6) is 0 Å². The summed E-state index contributed by atoms with van der Waals surface area (Å²) in [7, 11) is 1.18. The van der Waals surface area contributed by atoms with Gasteiger partial charge in [0.2, 0.25) is 0 Å². The van der Waals surface area contributed by atoms with E-state index in [1.54, 1.807) is 0 Å². The van der Waals surface area contributed by atoms with Crippen LogP contribution in [0.15, 0.2) is 11.0 Å². The normalized spacial score (nSPS) is 11.5. The van der Waals surface area contributed by atoms with Crippen LogP contribution in [0.1, 0.15) is 9.67 Å². The predicted molar refractivity (Wildman–Crippen MR) is 47.8 cm³/mol. The second-order valence-electron chi connectivity index (χ2n) is 1.84. The van der Waals surface area contributed by atoms with Crippen molar-refractivity contribution in [2.45, 2.75) is 4.90 Å². The highest BCUT2D eigenvalue weighted by Gasteiger charge is 2.18. The second-order valence-corrected chi connectivity index (χ2v) is 6.06. The van der Waals surface area contributed by atoms with Crippen molar-refractivity contribution in [2.75, 3.05) is 0 Å². The van der Waals surface area contributed by atoms with Gasteiger partial charge in [0.15, 0.2) is 6.29 Å². The first-order valence-electron chi connectivity index (χ1n) is 2.64. The summed E-state index contributed by atoms with van der Waals surface area (Å²) in [5, 5.41) is 0. The predicted octanol–water partition coefficient (Wildman–Crippen LogP) is 2.14. The molecule has 0 aliphatic carbocycles. The smallest absolute Gasteiger partial charge is 0.263 e. The molecule has 1 heterocycles. The Kier molecular flexibility index (Phi) is 2.77. The second kappa shape index (κ2) is 3.33. The quantitative estimate of drug-likeness (QED) is 0.592. The number of hydrogen-bond donors (Lipinski definition) is 0. The maximum absolute atomic E-state index is 10.8. The van der Waals surface area contributed by atoms with Crippen molar-refractivity contribution in [1.82, 2.24) is 0 Å². The minimum Gasteiger partial charge on any atom is -0.297 e. The van der Waals surface area contributed by atoms with Crippen LogP contribution in [-0.4, -0.2) is 14.7 Å². The topological polar surface area (TPSA) is 51.2 Å². The Morgan fingerprint density at radius 2 is 2.08 bits per heavy atom. The molecule has 0 aromatic carbocycles. The zero-order chi connectivity index (χ0) is 9.35. The fourth-order valence-corrected chi connectivity index (χ4v) is 3.42. The molecule has 0 fully saturated rings. The molecule has 0 N–H and O–H groups in total. The summed E-state index contributed by atoms with van der Waals surface area (Å²) in [6.45, 7) is 0. The molecule has 0 saturated carbocycles. The standard InChI is InChI=1S/C5H2Cl2O3S2/c6-5-4(12(7,9)10)1-3(2-8)11-5/h1-2H. The largest absolute Gasteiger partial charge is 0.297 e. The SMILES string of the molecule is O=Cc1cc(S(=O)(=O)Cl)c(Cl)s1. The summed E-state index contributed by atoms with van der Waals surface area (Å²) in [6.07, 6.45) is 0.516. The Balaban J connectivity index is 3.36. The van der Waals surface area contributed by atoms with Gasteiger partial charge in [-0.05, 0) is 6.07 Å². The van der Waals surface area contributed by atoms with E-state index in [1.807, 2.05) is 0 Å². The van der Waals surface area contributed by atoms with Gasteiger partial charge in [0.1, 0.15) is 9.23 Å². The van der Waals surface area contributed by atoms with Crippen molar-refractivity contribution in [2.24, 2.45) is 0 Å². The third-order valence-corrected chi connectivity index (χ3v) is 3.92. The highest BCUT2D eigenvalue weighted by molar-refractivity contribution is 8.14. The van der Waals surface area contributed by atoms with Gasteiger partial charge in [-0.1, -0.05) is 11.6 Å². The van der Waals surface area contributed by atoms with Crippen LogP contribution < -0.4 is 0 Å². The van der Waals surface area contributed by atoms with Gasteiger partial charge >= 0.3 is 0 Å². The first-order valence-corrected chi connectivity index (χ1v) is 6.14. The Labute approximate surface area is 82.3 Å². The van der Waals surface area contributed by atoms with Gasteiger partial charge < -0.3 is 0 Å². The van der Waals surface area contributed by atoms with Crippen LogP contribution in [0.25, 0.3) is 0 Å². The van der Waals surface area contributed by atoms with Gasteiger partial charge in [0.25, 0.3) is 9.05 Å². The van der Waals surface area contributed by atoms with Gasteiger partial charge in [-0.15, -0.1) is 11.3 Å². The van der Waals surface area contributed by atoms with Crippen LogP contribution >= 0.6 is 33.6 Å². The van der Waals surface area contributed by atoms with E-state index in [0.29, 0.717) is 6.29 Å². The minimum absolute atomic E-state index is 0.00657. The molecule has 0 atom stereocenters. The van der Waals surface area contributed by atoms with Crippen molar-refractivity contribution in [3.63, 3.8) is 0 Å². The lowest BCUT2D eigenvalue weighted by molar-refractivity contribution is 0.112. The number of carbonyl (C=O) groups is 1. The zero-order valence-corrected chi connectivity index (χ0v) is 8.60. The molecule has 0 saturated heterocycles. The molecule has 66 valence electrons. The fraction of sp³-hybridized carbons (Fsp3) is 0. The van der Waals surface area contributed by atoms with Crippen molar-refractivity contribution in [3.8, 4) is 0 Å². The molecule has 0 radical (unpaired) electrons. The summed E-state index contributed by atoms with van der Waals surface area (Å²) in [5.74, 6) is 0. The summed E-state index contributed by atoms with van der Waals surface area (Å²) in [6, 6.07) is 1.14. The molecular weight excluding hydrogens is 243 g/mol. The maximum Gasteiger partial charge on any atom is 0.263 e. The van der Waals surface area contributed by atoms with E-state index < -0.39 is 9.05 Å². The number of aldehydes is 1. The van der Waals surface area contributed by atoms with Crippen LogP contribution in [0.3, 0.4) is 0 Å². The molecule has 12 heavy (non-hydrogen) atoms. The van der Waals surface area contributed by atoms with E-state index in [2.05, 4.69) is 0 Å². The number of carbonyl (C=O) groups excluding carboxylic acids is 1. The van der Waals surface area contributed by atoms with Crippen LogP contribution in [0.4, 0.5) is 0 Å². The molecule has 0 aliphatic rings. The number of hydrogen-bond acceptors (Lipinski definition) is 4. The zero-order valence-electron chi connectivity index (χ0n) is 5.45. The molecular formula is C5H2Cl2O3S2. The van der Waals surface area contributed by atoms with Gasteiger partial charge in [0.05, 0.1) is 4.88 Å². The van der Waals surface area contributed by atoms with Crippen LogP contribution in [-0.2, 0) is 9.05 Å². The van der Waals surface area contributed by atoms with E-state index in [9.17, 15) is 13.2 Å². The monoisotopic (exact) mass is 244 g/mol. The minimum atomic E-state index is -3.83. The summed E-state index contributed by atoms with van der Waals surface area (Å²) in [5.41, 5.74) is 0. The summed E-state index contributed by atoms with van der Waals surface area (Å²) < 4.78 is 21.5. The molecule has 3 nitrogen and oxygen atoms in total. The molecule has 0 amide bonds. The Hall–Kier alpha value is -0.100. The van der Waals surface area contributed by atoms with Gasteiger partial charge in [0, 0.05) is 10.7 Å². The van der Waals surface area contributed by atoms with E-state index in [-0.39, 0.29) is 14.1 Å². The first kappa shape index (κ1) is 9.98. The Bertz CT molecular complexity index is 406. The van der Waals surface area contributed by atoms with Crippen molar-refractivity contribution < 1.29 is 13.2 Å². The Morgan fingerprint density at radius 3 is 2.33 bits per heavy atom. The summed E-state index contributed by atoms with van der Waals surface area (Å²) >= 11 is 6.38. The molecule has 1 aromatic rings. The van der Waals surface area contributed by atoms with E-state index >= 15 is 0 Å². The van der Waals surface area contributed by atoms with Gasteiger partial charge in [-0.3, -0.25) is 4.79 Å². The number of halogens is 2. The van der Waals surface area contributed by atoms with E-state index in [0.717, 1.165) is 17.4 Å². The van der Waals surface area contributed by atoms with Crippen molar-refractivity contribution in [3.05, 3.63) is 15.3 Å². The third kappa shape index (κ3) is 1.98. The highest BCUT2D eigenvalue weighted by atomic mass is 35.7.